The summed E-state index contributed by atoms with van der Waals surface area (Å²) in [6, 6.07) is 21.5. The van der Waals surface area contributed by atoms with Crippen LogP contribution in [0.25, 0.3) is 6.08 Å². The maximum atomic E-state index is 13.2. The quantitative estimate of drug-likeness (QED) is 0.129. The van der Waals surface area contributed by atoms with E-state index in [9.17, 15) is 9.59 Å². The number of carbonyl (C=O) groups excluding carboxylic acids is 2. The van der Waals surface area contributed by atoms with Gasteiger partial charge in [0.1, 0.15) is 17.2 Å². The number of benzene rings is 3. The molecule has 0 saturated carbocycles. The van der Waals surface area contributed by atoms with E-state index in [-0.39, 0.29) is 30.7 Å². The number of nitrogens with two attached hydrogens (primary N) is 1. The SMILES string of the molecule is CN1CCN(CCCCCOc2ccc(N3C(=O)/C(=C/c4ccc(Oc5ccc(C(N)=O)cc5)cc4)SC3=S)cc2)CC1.Cl.Cl. The summed E-state index contributed by atoms with van der Waals surface area (Å²) in [5, 5.41) is 0. The van der Waals surface area contributed by atoms with Gasteiger partial charge in [0.05, 0.1) is 17.2 Å². The molecular formula is C33H38Cl2N4O4S2. The Morgan fingerprint density at radius 1 is 0.867 bits per heavy atom. The fourth-order valence-electron chi connectivity index (χ4n) is 4.86. The van der Waals surface area contributed by atoms with Gasteiger partial charge in [0, 0.05) is 31.7 Å². The number of hydrogen-bond acceptors (Lipinski definition) is 8. The van der Waals surface area contributed by atoms with Gasteiger partial charge in [-0.2, -0.15) is 0 Å². The average molecular weight is 690 g/mol. The second-order valence-corrected chi connectivity index (χ2v) is 12.3. The zero-order chi connectivity index (χ0) is 30.2. The number of anilines is 1. The van der Waals surface area contributed by atoms with E-state index in [4.69, 9.17) is 27.4 Å². The van der Waals surface area contributed by atoms with E-state index in [1.165, 1.54) is 31.3 Å². The number of primary amides is 1. The first kappa shape index (κ1) is 36.3. The van der Waals surface area contributed by atoms with E-state index in [1.807, 2.05) is 54.6 Å². The van der Waals surface area contributed by atoms with Gasteiger partial charge in [-0.1, -0.05) is 36.1 Å². The van der Waals surface area contributed by atoms with E-state index in [2.05, 4.69) is 16.8 Å². The van der Waals surface area contributed by atoms with Crippen LogP contribution in [-0.4, -0.2) is 72.3 Å². The van der Waals surface area contributed by atoms with Crippen LogP contribution in [0, 0.1) is 0 Å². The first-order valence-electron chi connectivity index (χ1n) is 14.5. The maximum Gasteiger partial charge on any atom is 0.270 e. The molecule has 2 N–H and O–H groups in total. The highest BCUT2D eigenvalue weighted by Gasteiger charge is 2.33. The molecule has 3 aromatic carbocycles. The Kier molecular flexibility index (Phi) is 14.2. The van der Waals surface area contributed by atoms with Crippen molar-refractivity contribution in [3.05, 3.63) is 88.8 Å². The summed E-state index contributed by atoms with van der Waals surface area (Å²) in [6.45, 7) is 6.49. The number of thiocarbonyl (C=S) groups is 1. The minimum Gasteiger partial charge on any atom is -0.494 e. The molecule has 2 saturated heterocycles. The topological polar surface area (TPSA) is 88.3 Å². The van der Waals surface area contributed by atoms with Gasteiger partial charge in [-0.25, -0.2) is 0 Å². The molecule has 2 fully saturated rings. The molecule has 0 unspecified atom stereocenters. The van der Waals surface area contributed by atoms with Gasteiger partial charge < -0.3 is 25.0 Å². The number of halogens is 2. The van der Waals surface area contributed by atoms with E-state index < -0.39 is 5.91 Å². The van der Waals surface area contributed by atoms with Crippen LogP contribution in [-0.2, 0) is 4.79 Å². The number of hydrogen-bond donors (Lipinski definition) is 1. The molecule has 2 heterocycles. The van der Waals surface area contributed by atoms with Gasteiger partial charge in [-0.15, -0.1) is 24.8 Å². The van der Waals surface area contributed by atoms with Gasteiger partial charge in [-0.3, -0.25) is 14.5 Å². The molecule has 0 atom stereocenters. The van der Waals surface area contributed by atoms with Gasteiger partial charge >= 0.3 is 0 Å². The van der Waals surface area contributed by atoms with E-state index in [1.54, 1.807) is 29.2 Å². The lowest BCUT2D eigenvalue weighted by atomic mass is 10.2. The molecule has 0 radical (unpaired) electrons. The van der Waals surface area contributed by atoms with Crippen molar-refractivity contribution < 1.29 is 19.1 Å². The molecule has 45 heavy (non-hydrogen) atoms. The van der Waals surface area contributed by atoms with Crippen LogP contribution >= 0.6 is 48.8 Å². The van der Waals surface area contributed by atoms with Crippen molar-refractivity contribution in [3.8, 4) is 17.2 Å². The Hall–Kier alpha value is -3.12. The first-order chi connectivity index (χ1) is 20.9. The van der Waals surface area contributed by atoms with Crippen molar-refractivity contribution in [2.45, 2.75) is 19.3 Å². The second-order valence-electron chi connectivity index (χ2n) is 10.6. The Labute approximate surface area is 286 Å². The van der Waals surface area contributed by atoms with Crippen molar-refractivity contribution in [1.82, 2.24) is 9.80 Å². The van der Waals surface area contributed by atoms with Crippen LogP contribution < -0.4 is 20.1 Å². The van der Waals surface area contributed by atoms with Crippen LogP contribution in [0.2, 0.25) is 0 Å². The molecule has 2 aliphatic heterocycles. The molecule has 12 heteroatoms. The molecular weight excluding hydrogens is 651 g/mol. The summed E-state index contributed by atoms with van der Waals surface area (Å²) in [7, 11) is 2.18. The highest BCUT2D eigenvalue weighted by atomic mass is 35.5. The summed E-state index contributed by atoms with van der Waals surface area (Å²) >= 11 is 6.83. The number of rotatable bonds is 12. The lowest BCUT2D eigenvalue weighted by Crippen LogP contribution is -2.44. The van der Waals surface area contributed by atoms with Gasteiger partial charge in [0.25, 0.3) is 5.91 Å². The predicted octanol–water partition coefficient (Wildman–Crippen LogP) is 6.62. The number of nitrogens with zero attached hydrogens (tertiary/aromatic N) is 3. The molecule has 0 spiro atoms. The van der Waals surface area contributed by atoms with Crippen molar-refractivity contribution in [2.75, 3.05) is 51.3 Å². The molecule has 2 amide bonds. The largest absolute Gasteiger partial charge is 0.494 e. The molecule has 5 rings (SSSR count). The third kappa shape index (κ3) is 10.2. The number of thioether (sulfide) groups is 1. The Balaban J connectivity index is 0.00000276. The fourth-order valence-corrected chi connectivity index (χ4v) is 6.16. The molecule has 8 nitrogen and oxygen atoms in total. The lowest BCUT2D eigenvalue weighted by molar-refractivity contribution is -0.113. The maximum absolute atomic E-state index is 13.2. The normalized spacial score (nSPS) is 16.3. The summed E-state index contributed by atoms with van der Waals surface area (Å²) in [6.07, 6.45) is 5.19. The van der Waals surface area contributed by atoms with Crippen molar-refractivity contribution in [2.24, 2.45) is 5.73 Å². The summed E-state index contributed by atoms with van der Waals surface area (Å²) in [5.74, 6) is 1.37. The fraction of sp³-hybridized carbons (Fsp3) is 0.303. The number of ether oxygens (including phenoxy) is 2. The highest BCUT2D eigenvalue weighted by molar-refractivity contribution is 8.27. The number of amides is 2. The van der Waals surface area contributed by atoms with Crippen LogP contribution in [0.1, 0.15) is 35.2 Å². The van der Waals surface area contributed by atoms with Gasteiger partial charge in [0.15, 0.2) is 4.32 Å². The number of unbranched alkanes of at least 4 members (excludes halogenated alkanes) is 2. The monoisotopic (exact) mass is 688 g/mol. The highest BCUT2D eigenvalue weighted by Crippen LogP contribution is 2.37. The van der Waals surface area contributed by atoms with E-state index >= 15 is 0 Å². The Morgan fingerprint density at radius 2 is 1.47 bits per heavy atom. The zero-order valence-corrected chi connectivity index (χ0v) is 28.3. The number of likely N-dealkylation sites (N-methyl/N-ethyl adjacent to an activating group) is 1. The molecule has 2 aliphatic rings. The van der Waals surface area contributed by atoms with E-state index in [0.29, 0.717) is 32.9 Å². The van der Waals surface area contributed by atoms with E-state index in [0.717, 1.165) is 49.5 Å². The van der Waals surface area contributed by atoms with Crippen molar-refractivity contribution in [1.29, 1.82) is 0 Å². The second kappa shape index (κ2) is 17.5. The Bertz CT molecular complexity index is 1460. The van der Waals surface area contributed by atoms with Crippen LogP contribution in [0.5, 0.6) is 17.2 Å². The molecule has 0 bridgehead atoms. The van der Waals surface area contributed by atoms with Crippen LogP contribution in [0.4, 0.5) is 5.69 Å². The predicted molar refractivity (Wildman–Crippen MR) is 191 cm³/mol. The zero-order valence-electron chi connectivity index (χ0n) is 25.1. The minimum absolute atomic E-state index is 0. The Morgan fingerprint density at radius 3 is 2.09 bits per heavy atom. The smallest absolute Gasteiger partial charge is 0.270 e. The van der Waals surface area contributed by atoms with Gasteiger partial charge in [-0.05, 0) is 105 Å². The average Bonchev–Trinajstić information content (AvgIpc) is 3.29. The standard InChI is InChI=1S/C33H36N4O4S2.2ClH/c1-35-18-20-36(21-19-35)17-3-2-4-22-40-27-15-9-26(10-16-27)37-32(39)30(43-33(37)42)23-24-5-11-28(12-6-24)41-29-13-7-25(8-14-29)31(34)38;;/h5-16,23H,2-4,17-22H2,1H3,(H2,34,38);2*1H/b30-23-;;. The van der Waals surface area contributed by atoms with Crippen molar-refractivity contribution in [3.63, 3.8) is 0 Å². The summed E-state index contributed by atoms with van der Waals surface area (Å²) in [4.78, 5) is 31.5. The third-order valence-corrected chi connectivity index (χ3v) is 8.73. The van der Waals surface area contributed by atoms with Gasteiger partial charge in [0.2, 0.25) is 5.91 Å². The third-order valence-electron chi connectivity index (χ3n) is 7.42. The van der Waals surface area contributed by atoms with Crippen molar-refractivity contribution >= 4 is 76.7 Å². The van der Waals surface area contributed by atoms with Crippen LogP contribution in [0.3, 0.4) is 0 Å². The molecule has 0 aromatic heterocycles. The molecule has 3 aromatic rings. The number of carbonyl (C=O) groups is 2. The number of piperazine rings is 1. The first-order valence-corrected chi connectivity index (χ1v) is 15.7. The lowest BCUT2D eigenvalue weighted by Gasteiger charge is -2.32. The van der Waals surface area contributed by atoms with Crippen LogP contribution in [0.15, 0.2) is 77.7 Å². The minimum atomic E-state index is -0.486. The summed E-state index contributed by atoms with van der Waals surface area (Å²) < 4.78 is 12.3. The molecule has 0 aliphatic carbocycles. The summed E-state index contributed by atoms with van der Waals surface area (Å²) in [5.41, 5.74) is 7.27. The molecule has 240 valence electrons.